The number of carbonyl (C=O) groups is 1. The van der Waals surface area contributed by atoms with Crippen molar-refractivity contribution in [3.63, 3.8) is 0 Å². The van der Waals surface area contributed by atoms with E-state index < -0.39 is 23.6 Å². The molecule has 5 heteroatoms. The molecule has 2 N–H and O–H groups in total. The third kappa shape index (κ3) is 4.41. The second-order valence-corrected chi connectivity index (χ2v) is 5.31. The Labute approximate surface area is 106 Å². The fourth-order valence-corrected chi connectivity index (χ4v) is 1.45. The predicted octanol–water partition coefficient (Wildman–Crippen LogP) is 1.74. The zero-order valence-corrected chi connectivity index (χ0v) is 11.2. The first-order valence-corrected chi connectivity index (χ1v) is 5.78. The zero-order chi connectivity index (χ0) is 13.9. The van der Waals surface area contributed by atoms with E-state index in [2.05, 4.69) is 4.98 Å². The first kappa shape index (κ1) is 14.6. The Balaban J connectivity index is 2.72. The Morgan fingerprint density at radius 3 is 2.72 bits per heavy atom. The summed E-state index contributed by atoms with van der Waals surface area (Å²) in [6.07, 6.45) is 1.51. The van der Waals surface area contributed by atoms with E-state index in [-0.39, 0.29) is 6.42 Å². The molecule has 1 heterocycles. The molecule has 0 aliphatic carbocycles. The smallest absolute Gasteiger partial charge is 0.323 e. The monoisotopic (exact) mass is 254 g/mol. The molecule has 0 aliphatic heterocycles. The molecule has 0 saturated carbocycles. The number of pyridine rings is 1. The highest BCUT2D eigenvalue weighted by molar-refractivity contribution is 5.76. The van der Waals surface area contributed by atoms with E-state index in [4.69, 9.17) is 10.5 Å². The topological polar surface area (TPSA) is 65.2 Å². The lowest BCUT2D eigenvalue weighted by Gasteiger charge is -2.22. The minimum atomic E-state index is -0.887. The Bertz CT molecular complexity index is 441. The van der Waals surface area contributed by atoms with E-state index >= 15 is 0 Å². The fraction of sp³-hybridized carbons (Fsp3) is 0.538. The van der Waals surface area contributed by atoms with Gasteiger partial charge in [-0.05, 0) is 39.3 Å². The molecule has 1 aromatic rings. The first-order valence-electron chi connectivity index (χ1n) is 5.78. The average Bonchev–Trinajstić information content (AvgIpc) is 2.21. The summed E-state index contributed by atoms with van der Waals surface area (Å²) >= 11 is 0. The summed E-state index contributed by atoms with van der Waals surface area (Å²) in [7, 11) is 0. The van der Waals surface area contributed by atoms with Crippen LogP contribution in [0, 0.1) is 12.9 Å². The number of hydrogen-bond donors (Lipinski definition) is 1. The number of nitrogens with two attached hydrogens (primary N) is 1. The highest BCUT2D eigenvalue weighted by Gasteiger charge is 2.23. The van der Waals surface area contributed by atoms with Gasteiger partial charge in [-0.1, -0.05) is 0 Å². The summed E-state index contributed by atoms with van der Waals surface area (Å²) in [4.78, 5) is 15.3. The van der Waals surface area contributed by atoms with E-state index in [1.165, 1.54) is 6.20 Å². The molecular formula is C13H19FN2O2. The van der Waals surface area contributed by atoms with Crippen LogP contribution in [0.5, 0.6) is 0 Å². The number of rotatable bonds is 3. The SMILES string of the molecule is Cc1cnc(F)c(C[C@H](N)C(=O)OC(C)(C)C)c1. The van der Waals surface area contributed by atoms with Gasteiger partial charge < -0.3 is 10.5 Å². The molecule has 0 spiro atoms. The molecule has 0 amide bonds. The second-order valence-electron chi connectivity index (χ2n) is 5.31. The summed E-state index contributed by atoms with van der Waals surface area (Å²) in [6.45, 7) is 7.07. The normalized spacial score (nSPS) is 13.2. The van der Waals surface area contributed by atoms with Crippen LogP contribution in [0.25, 0.3) is 0 Å². The van der Waals surface area contributed by atoms with Gasteiger partial charge >= 0.3 is 5.97 Å². The molecule has 1 aromatic heterocycles. The standard InChI is InChI=1S/C13H19FN2O2/c1-8-5-9(11(14)16-7-8)6-10(15)12(17)18-13(2,3)4/h5,7,10H,6,15H2,1-4H3/t10-/m0/s1. The summed E-state index contributed by atoms with van der Waals surface area (Å²) in [5.41, 5.74) is 6.26. The van der Waals surface area contributed by atoms with Crippen LogP contribution in [0.4, 0.5) is 4.39 Å². The molecule has 0 bridgehead atoms. The van der Waals surface area contributed by atoms with Crippen LogP contribution < -0.4 is 5.73 Å². The van der Waals surface area contributed by atoms with Crippen molar-refractivity contribution < 1.29 is 13.9 Å². The molecule has 0 aliphatic rings. The van der Waals surface area contributed by atoms with Gasteiger partial charge in [0.2, 0.25) is 5.95 Å². The number of nitrogens with zero attached hydrogens (tertiary/aromatic N) is 1. The number of carbonyl (C=O) groups excluding carboxylic acids is 1. The lowest BCUT2D eigenvalue weighted by molar-refractivity contribution is -0.156. The van der Waals surface area contributed by atoms with Crippen molar-refractivity contribution in [2.75, 3.05) is 0 Å². The van der Waals surface area contributed by atoms with Crippen molar-refractivity contribution in [1.82, 2.24) is 4.98 Å². The molecule has 0 fully saturated rings. The van der Waals surface area contributed by atoms with E-state index in [0.717, 1.165) is 5.56 Å². The maximum Gasteiger partial charge on any atom is 0.323 e. The minimum Gasteiger partial charge on any atom is -0.459 e. The first-order chi connectivity index (χ1) is 8.19. The fourth-order valence-electron chi connectivity index (χ4n) is 1.45. The summed E-state index contributed by atoms with van der Waals surface area (Å²) in [5.74, 6) is -1.14. The molecule has 0 radical (unpaired) electrons. The molecule has 4 nitrogen and oxygen atoms in total. The van der Waals surface area contributed by atoms with Gasteiger partial charge in [0.25, 0.3) is 0 Å². The number of hydrogen-bond acceptors (Lipinski definition) is 4. The number of esters is 1. The summed E-state index contributed by atoms with van der Waals surface area (Å²) in [6, 6.07) is 0.745. The van der Waals surface area contributed by atoms with Crippen LogP contribution >= 0.6 is 0 Å². The molecule has 100 valence electrons. The van der Waals surface area contributed by atoms with Crippen molar-refractivity contribution in [2.24, 2.45) is 5.73 Å². The van der Waals surface area contributed by atoms with Crippen LogP contribution in [-0.2, 0) is 16.0 Å². The summed E-state index contributed by atoms with van der Waals surface area (Å²) in [5, 5.41) is 0. The Morgan fingerprint density at radius 1 is 1.56 bits per heavy atom. The van der Waals surface area contributed by atoms with Gasteiger partial charge in [0.05, 0.1) is 0 Å². The van der Waals surface area contributed by atoms with Crippen LogP contribution in [0.2, 0.25) is 0 Å². The van der Waals surface area contributed by atoms with Gasteiger partial charge in [0.1, 0.15) is 11.6 Å². The van der Waals surface area contributed by atoms with Crippen molar-refractivity contribution in [2.45, 2.75) is 45.8 Å². The summed E-state index contributed by atoms with van der Waals surface area (Å²) < 4.78 is 18.5. The number of aryl methyl sites for hydroxylation is 1. The lowest BCUT2D eigenvalue weighted by Crippen LogP contribution is -2.39. The maximum absolute atomic E-state index is 13.4. The maximum atomic E-state index is 13.4. The molecule has 0 aromatic carbocycles. The van der Waals surface area contributed by atoms with Crippen molar-refractivity contribution in [1.29, 1.82) is 0 Å². The predicted molar refractivity (Wildman–Crippen MR) is 66.5 cm³/mol. The zero-order valence-electron chi connectivity index (χ0n) is 11.2. The van der Waals surface area contributed by atoms with E-state index in [0.29, 0.717) is 5.56 Å². The van der Waals surface area contributed by atoms with Crippen molar-refractivity contribution >= 4 is 5.97 Å². The molecular weight excluding hydrogens is 235 g/mol. The number of aromatic nitrogens is 1. The Hall–Kier alpha value is -1.49. The third-order valence-corrected chi connectivity index (χ3v) is 2.20. The van der Waals surface area contributed by atoms with Crippen LogP contribution in [0.3, 0.4) is 0 Å². The van der Waals surface area contributed by atoms with Gasteiger partial charge in [0, 0.05) is 18.2 Å². The van der Waals surface area contributed by atoms with Crippen molar-refractivity contribution in [3.05, 3.63) is 29.3 Å². The van der Waals surface area contributed by atoms with Crippen molar-refractivity contribution in [3.8, 4) is 0 Å². The van der Waals surface area contributed by atoms with Gasteiger partial charge in [-0.25, -0.2) is 4.98 Å². The molecule has 0 unspecified atom stereocenters. The van der Waals surface area contributed by atoms with Gasteiger partial charge in [-0.2, -0.15) is 4.39 Å². The highest BCUT2D eigenvalue weighted by atomic mass is 19.1. The van der Waals surface area contributed by atoms with Gasteiger partial charge in [0.15, 0.2) is 0 Å². The number of ether oxygens (including phenoxy) is 1. The highest BCUT2D eigenvalue weighted by Crippen LogP contribution is 2.12. The average molecular weight is 254 g/mol. The quantitative estimate of drug-likeness (QED) is 0.659. The minimum absolute atomic E-state index is 0.0788. The van der Waals surface area contributed by atoms with Crippen LogP contribution in [0.1, 0.15) is 31.9 Å². The van der Waals surface area contributed by atoms with E-state index in [1.54, 1.807) is 33.8 Å². The van der Waals surface area contributed by atoms with E-state index in [9.17, 15) is 9.18 Å². The Morgan fingerprint density at radius 2 is 2.17 bits per heavy atom. The van der Waals surface area contributed by atoms with Crippen LogP contribution in [-0.4, -0.2) is 22.6 Å². The van der Waals surface area contributed by atoms with Gasteiger partial charge in [-0.3, -0.25) is 4.79 Å². The van der Waals surface area contributed by atoms with Crippen LogP contribution in [0.15, 0.2) is 12.3 Å². The largest absolute Gasteiger partial charge is 0.459 e. The number of halogens is 1. The lowest BCUT2D eigenvalue weighted by atomic mass is 10.1. The Kier molecular flexibility index (Phi) is 4.40. The molecule has 18 heavy (non-hydrogen) atoms. The van der Waals surface area contributed by atoms with Gasteiger partial charge in [-0.15, -0.1) is 0 Å². The molecule has 1 atom stereocenters. The molecule has 1 rings (SSSR count). The second kappa shape index (κ2) is 5.44. The third-order valence-electron chi connectivity index (χ3n) is 2.20. The van der Waals surface area contributed by atoms with E-state index in [1.807, 2.05) is 0 Å². The molecule has 0 saturated heterocycles.